The third-order valence-electron chi connectivity index (χ3n) is 9.55. The highest BCUT2D eigenvalue weighted by molar-refractivity contribution is 6.58. The van der Waals surface area contributed by atoms with E-state index in [0.717, 1.165) is 21.9 Å². The molecule has 2 N–H and O–H groups in total. The molecule has 0 radical (unpaired) electrons. The van der Waals surface area contributed by atoms with Crippen molar-refractivity contribution in [2.24, 2.45) is 17.8 Å². The average molecular weight is 684 g/mol. The van der Waals surface area contributed by atoms with Gasteiger partial charge in [0.2, 0.25) is 11.8 Å². The molecule has 3 aromatic carbocycles. The molecule has 0 aromatic heterocycles. The van der Waals surface area contributed by atoms with Crippen molar-refractivity contribution in [2.45, 2.75) is 28.5 Å². The summed E-state index contributed by atoms with van der Waals surface area (Å²) in [6, 6.07) is 14.2. The minimum Gasteiger partial charge on any atom is -0.508 e. The molecule has 2 aliphatic heterocycles. The molecule has 3 aromatic rings. The Bertz CT molecular complexity index is 1930. The molecular formula is C33H22Cl3FN2O7. The third-order valence-corrected chi connectivity index (χ3v) is 11.2. The smallest absolute Gasteiger partial charge is 0.335 e. The number of rotatable bonds is 4. The Hall–Kier alpha value is -4.25. The molecule has 0 bridgehead atoms. The maximum absolute atomic E-state index is 14.4. The monoisotopic (exact) mass is 682 g/mol. The van der Waals surface area contributed by atoms with E-state index in [0.29, 0.717) is 5.57 Å². The topological polar surface area (TPSA) is 132 Å². The molecule has 1 saturated carbocycles. The van der Waals surface area contributed by atoms with Crippen molar-refractivity contribution < 1.29 is 38.6 Å². The molecule has 7 rings (SSSR count). The molecule has 4 amide bonds. The summed E-state index contributed by atoms with van der Waals surface area (Å²) in [6.45, 7) is 0. The first-order chi connectivity index (χ1) is 21.8. The summed E-state index contributed by atoms with van der Waals surface area (Å²) in [5.74, 6) is -9.25. The van der Waals surface area contributed by atoms with Gasteiger partial charge in [-0.3, -0.25) is 24.1 Å². The van der Waals surface area contributed by atoms with Crippen LogP contribution in [0.2, 0.25) is 5.02 Å². The van der Waals surface area contributed by atoms with Crippen molar-refractivity contribution in [3.63, 3.8) is 0 Å². The molecule has 9 nitrogen and oxygen atoms in total. The van der Waals surface area contributed by atoms with Crippen LogP contribution in [0, 0.1) is 23.6 Å². The lowest BCUT2D eigenvalue weighted by atomic mass is 9.56. The second-order valence-corrected chi connectivity index (χ2v) is 13.5. The number of phenols is 1. The zero-order valence-electron chi connectivity index (χ0n) is 23.5. The number of carbonyl (C=O) groups excluding carboxylic acids is 4. The molecule has 6 unspecified atom stereocenters. The number of hydrogen-bond donors (Lipinski definition) is 2. The van der Waals surface area contributed by atoms with Gasteiger partial charge >= 0.3 is 5.97 Å². The van der Waals surface area contributed by atoms with Crippen molar-refractivity contribution in [2.75, 3.05) is 9.80 Å². The Kier molecular flexibility index (Phi) is 6.86. The van der Waals surface area contributed by atoms with Gasteiger partial charge in [-0.1, -0.05) is 29.3 Å². The number of imide groups is 2. The first-order valence-corrected chi connectivity index (χ1v) is 15.3. The highest BCUT2D eigenvalue weighted by atomic mass is 35.5. The maximum Gasteiger partial charge on any atom is 0.335 e. The van der Waals surface area contributed by atoms with Crippen molar-refractivity contribution >= 4 is 75.8 Å². The molecule has 13 heteroatoms. The quantitative estimate of drug-likeness (QED) is 0.206. The predicted octanol–water partition coefficient (Wildman–Crippen LogP) is 5.65. The lowest BCUT2D eigenvalue weighted by molar-refractivity contribution is -0.125. The SMILES string of the molecule is O=C(O)c1cccc(N2C(=O)C3CC=C4C(CC5(Cl)C(=O)N(c6ccc(F)cc6)C(=O)C5(Cl)C4c4cc(Cl)ccc4O)C3C2=O)c1. The summed E-state index contributed by atoms with van der Waals surface area (Å²) in [7, 11) is 0. The molecule has 3 fully saturated rings. The summed E-state index contributed by atoms with van der Waals surface area (Å²) in [6.07, 6.45) is 1.42. The normalized spacial score (nSPS) is 30.2. The van der Waals surface area contributed by atoms with Gasteiger partial charge in [0, 0.05) is 16.5 Å². The number of phenolic OH excluding ortho intramolecular Hbond substituents is 1. The van der Waals surface area contributed by atoms with E-state index in [1.807, 2.05) is 0 Å². The lowest BCUT2D eigenvalue weighted by Gasteiger charge is -2.50. The summed E-state index contributed by atoms with van der Waals surface area (Å²) in [4.78, 5) is 65.5. The molecule has 234 valence electrons. The molecule has 2 heterocycles. The molecule has 2 saturated heterocycles. The maximum atomic E-state index is 14.4. The van der Waals surface area contributed by atoms with Gasteiger partial charge in [-0.05, 0) is 79.4 Å². The summed E-state index contributed by atoms with van der Waals surface area (Å²) in [5, 5.41) is 20.8. The van der Waals surface area contributed by atoms with Crippen LogP contribution in [0.4, 0.5) is 15.8 Å². The van der Waals surface area contributed by atoms with Gasteiger partial charge in [0.1, 0.15) is 11.6 Å². The Morgan fingerprint density at radius 1 is 0.870 bits per heavy atom. The Morgan fingerprint density at radius 2 is 1.59 bits per heavy atom. The Morgan fingerprint density at radius 3 is 2.28 bits per heavy atom. The van der Waals surface area contributed by atoms with E-state index >= 15 is 0 Å². The highest BCUT2D eigenvalue weighted by Gasteiger charge is 2.77. The zero-order chi connectivity index (χ0) is 32.9. The number of alkyl halides is 2. The Labute approximate surface area is 275 Å². The highest BCUT2D eigenvalue weighted by Crippen LogP contribution is 2.66. The van der Waals surface area contributed by atoms with Crippen LogP contribution in [0.5, 0.6) is 5.75 Å². The van der Waals surface area contributed by atoms with Gasteiger partial charge in [-0.15, -0.1) is 23.2 Å². The number of hydrogen-bond acceptors (Lipinski definition) is 6. The van der Waals surface area contributed by atoms with Gasteiger partial charge in [0.25, 0.3) is 11.8 Å². The van der Waals surface area contributed by atoms with Crippen LogP contribution in [-0.2, 0) is 19.2 Å². The van der Waals surface area contributed by atoms with E-state index in [9.17, 15) is 38.6 Å². The second-order valence-electron chi connectivity index (χ2n) is 11.8. The van der Waals surface area contributed by atoms with E-state index in [-0.39, 0.29) is 46.1 Å². The number of carbonyl (C=O) groups is 5. The van der Waals surface area contributed by atoms with Crippen LogP contribution in [0.25, 0.3) is 0 Å². The predicted molar refractivity (Wildman–Crippen MR) is 166 cm³/mol. The van der Waals surface area contributed by atoms with Crippen molar-refractivity contribution in [3.05, 3.63) is 100 Å². The van der Waals surface area contributed by atoms with E-state index in [1.54, 1.807) is 6.08 Å². The number of anilines is 2. The number of benzene rings is 3. The minimum absolute atomic E-state index is 0.0198. The van der Waals surface area contributed by atoms with Crippen LogP contribution in [-0.4, -0.2) is 49.6 Å². The largest absolute Gasteiger partial charge is 0.508 e. The fourth-order valence-electron chi connectivity index (χ4n) is 7.53. The molecular weight excluding hydrogens is 662 g/mol. The van der Waals surface area contributed by atoms with E-state index < -0.39 is 68.8 Å². The summed E-state index contributed by atoms with van der Waals surface area (Å²) in [5.41, 5.74) is 0.490. The number of amides is 4. The van der Waals surface area contributed by atoms with Crippen LogP contribution in [0.15, 0.2) is 78.4 Å². The first-order valence-electron chi connectivity index (χ1n) is 14.2. The van der Waals surface area contributed by atoms with Crippen molar-refractivity contribution in [1.29, 1.82) is 0 Å². The molecule has 46 heavy (non-hydrogen) atoms. The number of carboxylic acid groups (broad SMARTS) is 1. The number of fused-ring (bicyclic) bond motifs is 4. The fourth-order valence-corrected chi connectivity index (χ4v) is 8.64. The van der Waals surface area contributed by atoms with Crippen LogP contribution in [0.1, 0.15) is 34.7 Å². The summed E-state index contributed by atoms with van der Waals surface area (Å²) >= 11 is 20.9. The third kappa shape index (κ3) is 4.03. The van der Waals surface area contributed by atoms with Crippen LogP contribution < -0.4 is 9.80 Å². The summed E-state index contributed by atoms with van der Waals surface area (Å²) < 4.78 is 13.8. The first kappa shape index (κ1) is 30.4. The van der Waals surface area contributed by atoms with E-state index in [1.165, 1.54) is 54.6 Å². The number of nitrogens with zero attached hydrogens (tertiary/aromatic N) is 2. The zero-order valence-corrected chi connectivity index (χ0v) is 25.8. The minimum atomic E-state index is -2.24. The van der Waals surface area contributed by atoms with Gasteiger partial charge < -0.3 is 10.2 Å². The molecule has 4 aliphatic rings. The van der Waals surface area contributed by atoms with E-state index in [4.69, 9.17) is 34.8 Å². The number of carboxylic acids is 1. The van der Waals surface area contributed by atoms with Crippen LogP contribution >= 0.6 is 34.8 Å². The lowest BCUT2D eigenvalue weighted by Crippen LogP contribution is -2.60. The van der Waals surface area contributed by atoms with E-state index in [2.05, 4.69) is 0 Å². The fraction of sp³-hybridized carbons (Fsp3) is 0.242. The number of halogens is 4. The van der Waals surface area contributed by atoms with Gasteiger partial charge in [-0.2, -0.15) is 0 Å². The number of allylic oxidation sites excluding steroid dienone is 2. The second kappa shape index (κ2) is 10.4. The standard InChI is InChI=1S/C33H22Cl3FN2O7/c34-16-4-11-24(40)22(13-16)26-20-9-10-21-25(28(42)38(27(21)41)19-3-1-2-15(12-19)29(43)44)23(20)14-32(35)30(45)39(31(46)33(26,32)36)18-7-5-17(37)6-8-18/h1-9,11-13,21,23,25-26,40H,10,14H2,(H,43,44). The van der Waals surface area contributed by atoms with Gasteiger partial charge in [-0.25, -0.2) is 14.1 Å². The van der Waals surface area contributed by atoms with Crippen LogP contribution in [0.3, 0.4) is 0 Å². The molecule has 6 atom stereocenters. The number of aromatic hydroxyl groups is 1. The number of aromatic carboxylic acids is 1. The van der Waals surface area contributed by atoms with Crippen molar-refractivity contribution in [3.8, 4) is 5.75 Å². The Balaban J connectivity index is 1.40. The average Bonchev–Trinajstić information content (AvgIpc) is 3.37. The van der Waals surface area contributed by atoms with Gasteiger partial charge in [0.15, 0.2) is 9.75 Å². The van der Waals surface area contributed by atoms with Crippen molar-refractivity contribution in [1.82, 2.24) is 0 Å². The molecule has 0 spiro atoms. The molecule has 2 aliphatic carbocycles. The van der Waals surface area contributed by atoms with Gasteiger partial charge in [0.05, 0.1) is 28.8 Å².